The Morgan fingerprint density at radius 3 is 2.13 bits per heavy atom. The fourth-order valence-corrected chi connectivity index (χ4v) is 1.72. The van der Waals surface area contributed by atoms with E-state index in [4.69, 9.17) is 14.9 Å². The van der Waals surface area contributed by atoms with Gasteiger partial charge >= 0.3 is 17.9 Å². The highest BCUT2D eigenvalue weighted by molar-refractivity contribution is 5.88. The van der Waals surface area contributed by atoms with Crippen LogP contribution in [0.2, 0.25) is 0 Å². The van der Waals surface area contributed by atoms with Crippen LogP contribution in [-0.2, 0) is 19.1 Å². The number of allylic oxidation sites excluding steroid dienone is 3. The van der Waals surface area contributed by atoms with Crippen LogP contribution in [-0.4, -0.2) is 45.4 Å². The minimum atomic E-state index is -2.66. The van der Waals surface area contributed by atoms with E-state index in [9.17, 15) is 19.5 Å². The second-order valence-electron chi connectivity index (χ2n) is 5.64. The molecule has 7 nitrogen and oxygen atoms in total. The lowest BCUT2D eigenvalue weighted by Crippen LogP contribution is -2.43. The average molecular weight is 328 g/mol. The van der Waals surface area contributed by atoms with Gasteiger partial charge in [0.15, 0.2) is 5.60 Å². The molecule has 0 bridgehead atoms. The molecule has 0 radical (unpaired) electrons. The van der Waals surface area contributed by atoms with Gasteiger partial charge in [0, 0.05) is 0 Å². The minimum absolute atomic E-state index is 0.0533. The van der Waals surface area contributed by atoms with Crippen molar-refractivity contribution in [1.29, 1.82) is 0 Å². The molecule has 0 aliphatic carbocycles. The van der Waals surface area contributed by atoms with Gasteiger partial charge in [-0.3, -0.25) is 9.59 Å². The molecule has 0 fully saturated rings. The molecule has 1 unspecified atom stereocenters. The molecule has 0 rings (SSSR count). The van der Waals surface area contributed by atoms with Gasteiger partial charge in [0.1, 0.15) is 6.61 Å². The maximum atomic E-state index is 11.6. The fraction of sp³-hybridized carbons (Fsp3) is 0.562. The zero-order chi connectivity index (χ0) is 18.0. The van der Waals surface area contributed by atoms with Gasteiger partial charge in [0.25, 0.3) is 0 Å². The summed E-state index contributed by atoms with van der Waals surface area (Å²) in [6.07, 6.45) is 3.46. The summed E-state index contributed by atoms with van der Waals surface area (Å²) in [6.45, 7) is 5.83. The molecule has 7 heteroatoms. The van der Waals surface area contributed by atoms with Crippen molar-refractivity contribution >= 4 is 17.9 Å². The number of rotatable bonds is 10. The summed E-state index contributed by atoms with van der Waals surface area (Å²) in [5, 5.41) is 27.1. The van der Waals surface area contributed by atoms with Crippen LogP contribution in [0, 0.1) is 0 Å². The minimum Gasteiger partial charge on any atom is -0.481 e. The van der Waals surface area contributed by atoms with E-state index in [1.807, 2.05) is 20.8 Å². The molecule has 0 heterocycles. The van der Waals surface area contributed by atoms with Crippen LogP contribution in [0.1, 0.15) is 46.5 Å². The first-order chi connectivity index (χ1) is 10.6. The van der Waals surface area contributed by atoms with Gasteiger partial charge < -0.3 is 20.1 Å². The lowest BCUT2D eigenvalue weighted by molar-refractivity contribution is -0.171. The van der Waals surface area contributed by atoms with Crippen LogP contribution >= 0.6 is 0 Å². The molecule has 0 aromatic heterocycles. The first kappa shape index (κ1) is 20.9. The van der Waals surface area contributed by atoms with E-state index in [1.54, 1.807) is 6.08 Å². The van der Waals surface area contributed by atoms with Crippen LogP contribution < -0.4 is 0 Å². The van der Waals surface area contributed by atoms with E-state index in [0.29, 0.717) is 0 Å². The topological polar surface area (TPSA) is 121 Å². The molecule has 0 aliphatic rings. The number of carbonyl (C=O) groups is 3. The average Bonchev–Trinajstić information content (AvgIpc) is 2.36. The first-order valence-corrected chi connectivity index (χ1v) is 7.19. The summed E-state index contributed by atoms with van der Waals surface area (Å²) < 4.78 is 4.82. The van der Waals surface area contributed by atoms with Crippen molar-refractivity contribution in [3.05, 3.63) is 23.3 Å². The molecule has 0 aromatic carbocycles. The molecule has 0 saturated carbocycles. The van der Waals surface area contributed by atoms with Crippen molar-refractivity contribution in [2.24, 2.45) is 0 Å². The summed E-state index contributed by atoms with van der Waals surface area (Å²) in [5.41, 5.74) is -0.435. The standard InChI is InChI=1S/C16H24O7/c1-11(2)5-4-6-12(3)7-8-23-14(19)10-16(22,15(20)21)9-13(17)18/h5,7,22H,4,6,8-10H2,1-3H3,(H,17,18)(H,20,21). The van der Waals surface area contributed by atoms with Gasteiger partial charge in [-0.2, -0.15) is 0 Å². The number of carbonyl (C=O) groups excluding carboxylic acids is 1. The van der Waals surface area contributed by atoms with Crippen molar-refractivity contribution in [2.45, 2.75) is 52.1 Å². The first-order valence-electron chi connectivity index (χ1n) is 7.19. The maximum absolute atomic E-state index is 11.6. The maximum Gasteiger partial charge on any atom is 0.336 e. The highest BCUT2D eigenvalue weighted by atomic mass is 16.5. The molecule has 0 aliphatic heterocycles. The molecule has 23 heavy (non-hydrogen) atoms. The third kappa shape index (κ3) is 9.46. The number of esters is 1. The zero-order valence-corrected chi connectivity index (χ0v) is 13.7. The van der Waals surface area contributed by atoms with Crippen LogP contribution in [0.5, 0.6) is 0 Å². The van der Waals surface area contributed by atoms with Crippen molar-refractivity contribution in [1.82, 2.24) is 0 Å². The largest absolute Gasteiger partial charge is 0.481 e. The third-order valence-corrected chi connectivity index (χ3v) is 3.05. The molecule has 1 atom stereocenters. The Morgan fingerprint density at radius 1 is 1.04 bits per heavy atom. The number of carboxylic acid groups (broad SMARTS) is 2. The fourth-order valence-electron chi connectivity index (χ4n) is 1.72. The van der Waals surface area contributed by atoms with Crippen molar-refractivity contribution < 1.29 is 34.4 Å². The lowest BCUT2D eigenvalue weighted by atomic mass is 9.96. The van der Waals surface area contributed by atoms with Gasteiger partial charge in [-0.15, -0.1) is 0 Å². The third-order valence-electron chi connectivity index (χ3n) is 3.05. The van der Waals surface area contributed by atoms with Gasteiger partial charge in [0.05, 0.1) is 12.8 Å². The summed E-state index contributed by atoms with van der Waals surface area (Å²) >= 11 is 0. The number of hydrogen-bond donors (Lipinski definition) is 3. The number of hydrogen-bond acceptors (Lipinski definition) is 5. The van der Waals surface area contributed by atoms with Gasteiger partial charge in [-0.1, -0.05) is 17.2 Å². The van der Waals surface area contributed by atoms with E-state index >= 15 is 0 Å². The molecule has 3 N–H and O–H groups in total. The summed E-state index contributed by atoms with van der Waals surface area (Å²) in [5.74, 6) is -4.26. The Hall–Kier alpha value is -2.15. The number of ether oxygens (including phenoxy) is 1. The molecule has 0 spiro atoms. The SMILES string of the molecule is CC(C)=CCCC(C)=CCOC(=O)CC(O)(CC(=O)O)C(=O)O. The van der Waals surface area contributed by atoms with Crippen molar-refractivity contribution in [3.8, 4) is 0 Å². The number of carboxylic acids is 2. The highest BCUT2D eigenvalue weighted by Crippen LogP contribution is 2.17. The van der Waals surface area contributed by atoms with Crippen LogP contribution in [0.3, 0.4) is 0 Å². The van der Waals surface area contributed by atoms with Gasteiger partial charge in [-0.05, 0) is 39.7 Å². The van der Waals surface area contributed by atoms with E-state index in [2.05, 4.69) is 6.08 Å². The second-order valence-corrected chi connectivity index (χ2v) is 5.64. The van der Waals surface area contributed by atoms with E-state index in [-0.39, 0.29) is 6.61 Å². The molecule has 0 aromatic rings. The van der Waals surface area contributed by atoms with Crippen LogP contribution in [0.25, 0.3) is 0 Å². The lowest BCUT2D eigenvalue weighted by Gasteiger charge is -2.19. The Morgan fingerprint density at radius 2 is 1.65 bits per heavy atom. The highest BCUT2D eigenvalue weighted by Gasteiger charge is 2.41. The Labute approximate surface area is 135 Å². The molecule has 0 amide bonds. The van der Waals surface area contributed by atoms with Gasteiger partial charge in [0.2, 0.25) is 0 Å². The zero-order valence-electron chi connectivity index (χ0n) is 13.7. The van der Waals surface area contributed by atoms with Crippen molar-refractivity contribution in [3.63, 3.8) is 0 Å². The molecule has 130 valence electrons. The predicted molar refractivity (Wildman–Crippen MR) is 82.8 cm³/mol. The summed E-state index contributed by atoms with van der Waals surface area (Å²) in [4.78, 5) is 33.0. The predicted octanol–water partition coefficient (Wildman–Crippen LogP) is 1.90. The molecular formula is C16H24O7. The van der Waals surface area contributed by atoms with Crippen molar-refractivity contribution in [2.75, 3.05) is 6.61 Å². The Balaban J connectivity index is 4.40. The molecular weight excluding hydrogens is 304 g/mol. The normalized spacial score (nSPS) is 13.8. The summed E-state index contributed by atoms with van der Waals surface area (Å²) in [7, 11) is 0. The Bertz CT molecular complexity index is 501. The quantitative estimate of drug-likeness (QED) is 0.413. The van der Waals surface area contributed by atoms with Gasteiger partial charge in [-0.25, -0.2) is 4.79 Å². The van der Waals surface area contributed by atoms with E-state index < -0.39 is 36.4 Å². The molecule has 0 saturated heterocycles. The van der Waals surface area contributed by atoms with Crippen LogP contribution in [0.4, 0.5) is 0 Å². The number of aliphatic carboxylic acids is 2. The number of aliphatic hydroxyl groups is 1. The summed E-state index contributed by atoms with van der Waals surface area (Å²) in [6, 6.07) is 0. The van der Waals surface area contributed by atoms with Crippen LogP contribution in [0.15, 0.2) is 23.3 Å². The Kier molecular flexibility index (Phi) is 8.87. The monoisotopic (exact) mass is 328 g/mol. The van der Waals surface area contributed by atoms with E-state index in [0.717, 1.165) is 18.4 Å². The van der Waals surface area contributed by atoms with E-state index in [1.165, 1.54) is 5.57 Å². The smallest absolute Gasteiger partial charge is 0.336 e. The second kappa shape index (κ2) is 9.78.